The lowest BCUT2D eigenvalue weighted by Crippen LogP contribution is -1.91. The zero-order chi connectivity index (χ0) is 8.39. The molecule has 0 bridgehead atoms. The van der Waals surface area contributed by atoms with Gasteiger partial charge in [-0.05, 0) is 18.9 Å². The van der Waals surface area contributed by atoms with Crippen molar-refractivity contribution >= 4 is 12.8 Å². The summed E-state index contributed by atoms with van der Waals surface area (Å²) in [5.74, 6) is 0.612. The van der Waals surface area contributed by atoms with Gasteiger partial charge in [0.05, 0.1) is 0 Å². The Bertz CT molecular complexity index is 370. The van der Waals surface area contributed by atoms with Crippen LogP contribution in [0.15, 0.2) is 24.9 Å². The molecule has 0 spiro atoms. The number of hydrogen-bond donors (Lipinski definition) is 1. The molecule has 60 valence electrons. The van der Waals surface area contributed by atoms with Crippen LogP contribution in [-0.2, 0) is 0 Å². The maximum absolute atomic E-state index is 4.04. The minimum atomic E-state index is 0.612. The van der Waals surface area contributed by atoms with E-state index in [1.807, 2.05) is 0 Å². The summed E-state index contributed by atoms with van der Waals surface area (Å²) in [4.78, 5) is 11.8. The molecule has 0 atom stereocenters. The molecule has 0 aliphatic carbocycles. The van der Waals surface area contributed by atoms with Gasteiger partial charge in [0.15, 0.2) is 5.82 Å². The van der Waals surface area contributed by atoms with Crippen LogP contribution in [0.25, 0.3) is 11.5 Å². The fraction of sp³-hybridized carbons (Fsp3) is 0. The van der Waals surface area contributed by atoms with E-state index < -0.39 is 0 Å². The molecule has 0 aromatic carbocycles. The molecule has 12 heavy (non-hydrogen) atoms. The Morgan fingerprint density at radius 1 is 1.25 bits per heavy atom. The van der Waals surface area contributed by atoms with E-state index in [2.05, 4.69) is 32.9 Å². The molecule has 0 aliphatic rings. The van der Waals surface area contributed by atoms with Gasteiger partial charge in [0.25, 0.3) is 0 Å². The van der Waals surface area contributed by atoms with Crippen LogP contribution in [0.4, 0.5) is 0 Å². The number of nitrogens with zero attached hydrogens (tertiary/aromatic N) is 5. The van der Waals surface area contributed by atoms with Crippen molar-refractivity contribution in [3.63, 3.8) is 0 Å². The van der Waals surface area contributed by atoms with Crippen molar-refractivity contribution in [3.8, 4) is 11.5 Å². The summed E-state index contributed by atoms with van der Waals surface area (Å²) in [5, 5.41) is 3.80. The van der Waals surface area contributed by atoms with Gasteiger partial charge in [0.2, 0.25) is 0 Å². The Labute approximate surface area is 74.0 Å². The van der Waals surface area contributed by atoms with Gasteiger partial charge in [-0.2, -0.15) is 4.09 Å². The topological polar surface area (TPSA) is 56.5 Å². The second kappa shape index (κ2) is 2.90. The molecular weight excluding hydrogens is 174 g/mol. The normalized spacial score (nSPS) is 10.1. The van der Waals surface area contributed by atoms with Crippen molar-refractivity contribution in [3.05, 3.63) is 24.9 Å². The van der Waals surface area contributed by atoms with Crippen LogP contribution in [-0.4, -0.2) is 24.1 Å². The van der Waals surface area contributed by atoms with E-state index in [1.54, 1.807) is 12.3 Å². The monoisotopic (exact) mass is 179 g/mol. The third-order valence-corrected chi connectivity index (χ3v) is 1.63. The fourth-order valence-electron chi connectivity index (χ4n) is 0.827. The highest BCUT2D eigenvalue weighted by molar-refractivity contribution is 7.78. The second-order valence-electron chi connectivity index (χ2n) is 2.07. The van der Waals surface area contributed by atoms with E-state index in [-0.39, 0.29) is 0 Å². The number of hydrogen-bond acceptors (Lipinski definition) is 5. The third kappa shape index (κ3) is 1.16. The van der Waals surface area contributed by atoms with E-state index in [0.717, 1.165) is 0 Å². The van der Waals surface area contributed by atoms with E-state index in [9.17, 15) is 0 Å². The van der Waals surface area contributed by atoms with Gasteiger partial charge in [-0.1, -0.05) is 0 Å². The summed E-state index contributed by atoms with van der Waals surface area (Å²) >= 11 is 4.04. The van der Waals surface area contributed by atoms with Crippen LogP contribution in [0, 0.1) is 0 Å². The maximum Gasteiger partial charge on any atom is 0.188 e. The molecule has 0 radical (unpaired) electrons. The Morgan fingerprint density at radius 2 is 2.17 bits per heavy atom. The van der Waals surface area contributed by atoms with Gasteiger partial charge in [-0.15, -0.1) is 5.10 Å². The molecule has 5 nitrogen and oxygen atoms in total. The molecule has 0 fully saturated rings. The summed E-state index contributed by atoms with van der Waals surface area (Å²) < 4.78 is 1.36. The molecular formula is C6H5N5S. The first-order valence-electron chi connectivity index (χ1n) is 3.23. The molecule has 2 rings (SSSR count). The van der Waals surface area contributed by atoms with Crippen molar-refractivity contribution in [1.29, 1.82) is 0 Å². The fourth-order valence-corrected chi connectivity index (χ4v) is 1.03. The van der Waals surface area contributed by atoms with E-state index in [0.29, 0.717) is 11.5 Å². The minimum absolute atomic E-state index is 0.612. The Hall–Kier alpha value is -1.43. The van der Waals surface area contributed by atoms with E-state index >= 15 is 0 Å². The second-order valence-corrected chi connectivity index (χ2v) is 2.45. The molecule has 0 unspecified atom stereocenters. The lowest BCUT2D eigenvalue weighted by molar-refractivity contribution is 1.01. The van der Waals surface area contributed by atoms with Crippen molar-refractivity contribution in [2.45, 2.75) is 0 Å². The molecule has 0 amide bonds. The van der Waals surface area contributed by atoms with Gasteiger partial charge in [-0.3, -0.25) is 0 Å². The number of thiol groups is 1. The lowest BCUT2D eigenvalue weighted by Gasteiger charge is -1.95. The largest absolute Gasteiger partial charge is 0.245 e. The highest BCUT2D eigenvalue weighted by Crippen LogP contribution is 2.11. The van der Waals surface area contributed by atoms with Crippen LogP contribution in [0.1, 0.15) is 0 Å². The summed E-state index contributed by atoms with van der Waals surface area (Å²) in [5.41, 5.74) is 0.706. The Kier molecular flexibility index (Phi) is 1.75. The predicted molar refractivity (Wildman–Crippen MR) is 45.4 cm³/mol. The number of aromatic nitrogens is 5. The predicted octanol–water partition coefficient (Wildman–Crippen LogP) is 0.428. The highest BCUT2D eigenvalue weighted by atomic mass is 32.1. The minimum Gasteiger partial charge on any atom is -0.245 e. The van der Waals surface area contributed by atoms with Crippen LogP contribution >= 0.6 is 12.8 Å². The summed E-state index contributed by atoms with van der Waals surface area (Å²) in [6.45, 7) is 0. The molecule has 6 heteroatoms. The van der Waals surface area contributed by atoms with Gasteiger partial charge >= 0.3 is 0 Å². The van der Waals surface area contributed by atoms with Crippen molar-refractivity contribution in [1.82, 2.24) is 24.1 Å². The standard InChI is InChI=1S/C6H5N5S/c12-11-6(9-4-10-11)5-1-2-7-3-8-5/h1-4,12H. The molecule has 0 saturated carbocycles. The SMILES string of the molecule is Sn1ncnc1-c1ccncn1. The molecule has 0 saturated heterocycles. The molecule has 2 heterocycles. The third-order valence-electron chi connectivity index (χ3n) is 1.34. The zero-order valence-electron chi connectivity index (χ0n) is 5.99. The van der Waals surface area contributed by atoms with Crippen LogP contribution in [0.5, 0.6) is 0 Å². The van der Waals surface area contributed by atoms with Gasteiger partial charge < -0.3 is 0 Å². The summed E-state index contributed by atoms with van der Waals surface area (Å²) in [7, 11) is 0. The smallest absolute Gasteiger partial charge is 0.188 e. The van der Waals surface area contributed by atoms with Gasteiger partial charge in [-0.25, -0.2) is 15.0 Å². The Balaban J connectivity index is 2.51. The van der Waals surface area contributed by atoms with Gasteiger partial charge in [0.1, 0.15) is 18.3 Å². The highest BCUT2D eigenvalue weighted by Gasteiger charge is 2.04. The summed E-state index contributed by atoms with van der Waals surface area (Å²) in [6, 6.07) is 1.75. The zero-order valence-corrected chi connectivity index (χ0v) is 6.89. The first kappa shape index (κ1) is 7.23. The molecule has 0 aliphatic heterocycles. The molecule has 0 N–H and O–H groups in total. The summed E-state index contributed by atoms with van der Waals surface area (Å²) in [6.07, 6.45) is 4.52. The van der Waals surface area contributed by atoms with Crippen molar-refractivity contribution in [2.75, 3.05) is 0 Å². The van der Waals surface area contributed by atoms with Crippen LogP contribution in [0.2, 0.25) is 0 Å². The Morgan fingerprint density at radius 3 is 2.75 bits per heavy atom. The van der Waals surface area contributed by atoms with Crippen molar-refractivity contribution < 1.29 is 0 Å². The van der Waals surface area contributed by atoms with Gasteiger partial charge in [0, 0.05) is 6.20 Å². The van der Waals surface area contributed by atoms with Crippen molar-refractivity contribution in [2.24, 2.45) is 0 Å². The quantitative estimate of drug-likeness (QED) is 0.645. The molecule has 2 aromatic heterocycles. The molecule has 2 aromatic rings. The van der Waals surface area contributed by atoms with Crippen LogP contribution in [0.3, 0.4) is 0 Å². The van der Waals surface area contributed by atoms with E-state index in [1.165, 1.54) is 16.7 Å². The van der Waals surface area contributed by atoms with Crippen LogP contribution < -0.4 is 0 Å². The lowest BCUT2D eigenvalue weighted by atomic mass is 10.4. The maximum atomic E-state index is 4.04. The average Bonchev–Trinajstić information content (AvgIpc) is 2.53. The van der Waals surface area contributed by atoms with E-state index in [4.69, 9.17) is 0 Å². The first-order chi connectivity index (χ1) is 5.88. The number of rotatable bonds is 1. The first-order valence-corrected chi connectivity index (χ1v) is 3.63. The average molecular weight is 179 g/mol.